The first-order valence-corrected chi connectivity index (χ1v) is 10.5. The number of benzene rings is 2. The topological polar surface area (TPSA) is 68.6 Å². The van der Waals surface area contributed by atoms with Crippen LogP contribution >= 0.6 is 0 Å². The van der Waals surface area contributed by atoms with E-state index in [1.807, 2.05) is 42.9 Å². The third kappa shape index (κ3) is 4.75. The molecule has 1 aromatic heterocycles. The number of aromatic nitrogens is 2. The quantitative estimate of drug-likeness (QED) is 0.627. The number of hydrogen-bond donors (Lipinski definition) is 1. The molecule has 0 aliphatic carbocycles. The maximum absolute atomic E-state index is 13.4. The van der Waals surface area contributed by atoms with Crippen LogP contribution in [0.5, 0.6) is 5.75 Å². The largest absolute Gasteiger partial charge is 0.495 e. The number of nitrogens with one attached hydrogen (secondary N) is 1. The maximum Gasteiger partial charge on any atom is 0.322 e. The molecule has 0 fully saturated rings. The Morgan fingerprint density at radius 2 is 2.06 bits per heavy atom. The Bertz CT molecular complexity index is 1130. The molecule has 8 heteroatoms. The van der Waals surface area contributed by atoms with Crippen LogP contribution in [0.3, 0.4) is 0 Å². The normalized spacial score (nSPS) is 13.1. The van der Waals surface area contributed by atoms with Crippen molar-refractivity contribution in [3.63, 3.8) is 0 Å². The minimum absolute atomic E-state index is 0.185. The van der Waals surface area contributed by atoms with Crippen LogP contribution in [-0.2, 0) is 38.0 Å². The Labute approximate surface area is 186 Å². The van der Waals surface area contributed by atoms with Gasteiger partial charge in [0.15, 0.2) is 0 Å². The summed E-state index contributed by atoms with van der Waals surface area (Å²) < 4.78 is 26.4. The molecule has 4 rings (SSSR count). The highest BCUT2D eigenvalue weighted by Crippen LogP contribution is 2.27. The average Bonchev–Trinajstić information content (AvgIpc) is 3.09. The van der Waals surface area contributed by atoms with Crippen molar-refractivity contribution in [2.45, 2.75) is 33.1 Å². The number of anilines is 1. The van der Waals surface area contributed by atoms with Gasteiger partial charge in [-0.25, -0.2) is 9.18 Å². The minimum atomic E-state index is -0.284. The summed E-state index contributed by atoms with van der Waals surface area (Å²) in [5.74, 6) is 0.336. The molecule has 0 bridgehead atoms. The van der Waals surface area contributed by atoms with Gasteiger partial charge in [0.25, 0.3) is 0 Å². The van der Waals surface area contributed by atoms with Crippen LogP contribution in [0.2, 0.25) is 0 Å². The molecular formula is C24H27FN4O3. The van der Waals surface area contributed by atoms with Crippen molar-refractivity contribution < 1.29 is 18.7 Å². The van der Waals surface area contributed by atoms with Crippen LogP contribution in [0.4, 0.5) is 14.9 Å². The lowest BCUT2D eigenvalue weighted by molar-refractivity contribution is 0.103. The molecule has 0 unspecified atom stereocenters. The first-order valence-electron chi connectivity index (χ1n) is 10.5. The van der Waals surface area contributed by atoms with E-state index in [0.29, 0.717) is 44.2 Å². The number of fused-ring (bicyclic) bond motifs is 1. The fraction of sp³-hybridized carbons (Fsp3) is 0.333. The fourth-order valence-corrected chi connectivity index (χ4v) is 3.97. The molecule has 2 aromatic carbocycles. The van der Waals surface area contributed by atoms with Gasteiger partial charge in [-0.05, 0) is 42.3 Å². The smallest absolute Gasteiger partial charge is 0.322 e. The first kappa shape index (κ1) is 21.8. The molecule has 1 aliphatic rings. The van der Waals surface area contributed by atoms with Crippen LogP contribution in [0.15, 0.2) is 42.5 Å². The molecule has 32 heavy (non-hydrogen) atoms. The Morgan fingerprint density at radius 3 is 2.84 bits per heavy atom. The number of rotatable bonds is 6. The Kier molecular flexibility index (Phi) is 6.41. The van der Waals surface area contributed by atoms with Crippen molar-refractivity contribution >= 4 is 11.7 Å². The van der Waals surface area contributed by atoms with E-state index in [9.17, 15) is 9.18 Å². The van der Waals surface area contributed by atoms with E-state index in [2.05, 4.69) is 10.4 Å². The predicted molar refractivity (Wildman–Crippen MR) is 119 cm³/mol. The van der Waals surface area contributed by atoms with Crippen LogP contribution in [0.1, 0.15) is 28.1 Å². The molecule has 0 saturated heterocycles. The third-order valence-electron chi connectivity index (χ3n) is 5.61. The van der Waals surface area contributed by atoms with Gasteiger partial charge in [-0.15, -0.1) is 0 Å². The fourth-order valence-electron chi connectivity index (χ4n) is 3.97. The zero-order chi connectivity index (χ0) is 22.7. The number of aryl methyl sites for hydroxylation is 2. The molecule has 1 N–H and O–H groups in total. The number of carbonyl (C=O) groups is 1. The van der Waals surface area contributed by atoms with Crippen molar-refractivity contribution in [1.82, 2.24) is 14.7 Å². The van der Waals surface area contributed by atoms with E-state index in [0.717, 1.165) is 28.1 Å². The van der Waals surface area contributed by atoms with Crippen molar-refractivity contribution in [1.29, 1.82) is 0 Å². The summed E-state index contributed by atoms with van der Waals surface area (Å²) in [5.41, 5.74) is 5.35. The second kappa shape index (κ2) is 9.40. The lowest BCUT2D eigenvalue weighted by atomic mass is 10.1. The Hall–Kier alpha value is -3.39. The summed E-state index contributed by atoms with van der Waals surface area (Å²) in [7, 11) is 3.49. The summed E-state index contributed by atoms with van der Waals surface area (Å²) >= 11 is 0. The van der Waals surface area contributed by atoms with Crippen LogP contribution in [-0.4, -0.2) is 34.4 Å². The van der Waals surface area contributed by atoms with E-state index >= 15 is 0 Å². The molecule has 0 spiro atoms. The van der Waals surface area contributed by atoms with Gasteiger partial charge in [-0.2, -0.15) is 5.10 Å². The van der Waals surface area contributed by atoms with Gasteiger partial charge in [-0.1, -0.05) is 18.2 Å². The van der Waals surface area contributed by atoms with Crippen LogP contribution in [0, 0.1) is 12.7 Å². The number of amides is 2. The maximum atomic E-state index is 13.4. The molecule has 7 nitrogen and oxygen atoms in total. The third-order valence-corrected chi connectivity index (χ3v) is 5.61. The van der Waals surface area contributed by atoms with Gasteiger partial charge in [-0.3, -0.25) is 4.68 Å². The Balaban J connectivity index is 1.43. The Morgan fingerprint density at radius 1 is 1.22 bits per heavy atom. The number of halogens is 1. The summed E-state index contributed by atoms with van der Waals surface area (Å²) in [4.78, 5) is 14.7. The zero-order valence-electron chi connectivity index (χ0n) is 18.5. The minimum Gasteiger partial charge on any atom is -0.495 e. The van der Waals surface area contributed by atoms with Crippen molar-refractivity contribution in [3.05, 3.63) is 76.4 Å². The van der Waals surface area contributed by atoms with Gasteiger partial charge < -0.3 is 19.7 Å². The SMILES string of the molecule is COc1ccc(C)cc1NC(=O)N1CCc2c(c(COCc3cccc(F)c3)nn2C)C1. The number of hydrogen-bond acceptors (Lipinski definition) is 4. The lowest BCUT2D eigenvalue weighted by Gasteiger charge is -2.28. The average molecular weight is 439 g/mol. The van der Waals surface area contributed by atoms with E-state index < -0.39 is 0 Å². The van der Waals surface area contributed by atoms with E-state index in [-0.39, 0.29) is 11.8 Å². The highest BCUT2D eigenvalue weighted by Gasteiger charge is 2.27. The first-order chi connectivity index (χ1) is 15.4. The van der Waals surface area contributed by atoms with Gasteiger partial charge in [0, 0.05) is 31.3 Å². The number of carbonyl (C=O) groups excluding carboxylic acids is 1. The molecule has 2 heterocycles. The molecule has 0 saturated carbocycles. The number of ether oxygens (including phenoxy) is 2. The lowest BCUT2D eigenvalue weighted by Crippen LogP contribution is -2.39. The molecule has 0 radical (unpaired) electrons. The monoisotopic (exact) mass is 438 g/mol. The summed E-state index contributed by atoms with van der Waals surface area (Å²) in [6.45, 7) is 3.59. The molecule has 1 aliphatic heterocycles. The van der Waals surface area contributed by atoms with Gasteiger partial charge in [0.05, 0.1) is 38.2 Å². The summed E-state index contributed by atoms with van der Waals surface area (Å²) in [6, 6.07) is 11.8. The van der Waals surface area contributed by atoms with Gasteiger partial charge >= 0.3 is 6.03 Å². The molecular weight excluding hydrogens is 411 g/mol. The van der Waals surface area contributed by atoms with Gasteiger partial charge in [0.1, 0.15) is 11.6 Å². The van der Waals surface area contributed by atoms with E-state index in [4.69, 9.17) is 9.47 Å². The second-order valence-corrected chi connectivity index (χ2v) is 7.92. The van der Waals surface area contributed by atoms with Crippen molar-refractivity contribution in [2.75, 3.05) is 19.0 Å². The summed E-state index contributed by atoms with van der Waals surface area (Å²) in [5, 5.41) is 7.56. The molecule has 168 valence electrons. The van der Waals surface area contributed by atoms with Crippen molar-refractivity contribution in [3.8, 4) is 5.75 Å². The highest BCUT2D eigenvalue weighted by molar-refractivity contribution is 5.91. The van der Waals surface area contributed by atoms with E-state index in [1.54, 1.807) is 18.1 Å². The standard InChI is InChI=1S/C24H27FN4O3/c1-16-7-8-23(31-3)20(11-16)26-24(30)29-10-9-22-19(13-29)21(27-28(22)2)15-32-14-17-5-4-6-18(25)12-17/h4-8,11-12H,9-10,13-15H2,1-3H3,(H,26,30). The molecule has 2 amide bonds. The molecule has 0 atom stereocenters. The highest BCUT2D eigenvalue weighted by atomic mass is 19.1. The number of nitrogens with zero attached hydrogens (tertiary/aromatic N) is 3. The van der Waals surface area contributed by atoms with Crippen LogP contribution < -0.4 is 10.1 Å². The molecule has 3 aromatic rings. The zero-order valence-corrected chi connectivity index (χ0v) is 18.5. The number of urea groups is 1. The predicted octanol–water partition coefficient (Wildman–Crippen LogP) is 4.18. The number of methoxy groups -OCH3 is 1. The summed E-state index contributed by atoms with van der Waals surface area (Å²) in [6.07, 6.45) is 0.709. The second-order valence-electron chi connectivity index (χ2n) is 7.92. The van der Waals surface area contributed by atoms with Crippen molar-refractivity contribution in [2.24, 2.45) is 7.05 Å². The van der Waals surface area contributed by atoms with Gasteiger partial charge in [0.2, 0.25) is 0 Å². The van der Waals surface area contributed by atoms with E-state index in [1.165, 1.54) is 12.1 Å². The van der Waals surface area contributed by atoms with Crippen LogP contribution in [0.25, 0.3) is 0 Å².